The van der Waals surface area contributed by atoms with Gasteiger partial charge in [0.15, 0.2) is 0 Å². The van der Waals surface area contributed by atoms with E-state index in [9.17, 15) is 23.3 Å². The van der Waals surface area contributed by atoms with Crippen LogP contribution < -0.4 is 0 Å². The SMILES string of the molecule is O=[N+]([O-])c1cc(C(F)(F)F)cc2sc3ccccc3c12. The third-order valence-corrected chi connectivity index (χ3v) is 4.10. The number of fused-ring (bicyclic) bond motifs is 3. The lowest BCUT2D eigenvalue weighted by atomic mass is 10.1. The van der Waals surface area contributed by atoms with Gasteiger partial charge in [0.05, 0.1) is 15.9 Å². The zero-order valence-electron chi connectivity index (χ0n) is 9.77. The smallest absolute Gasteiger partial charge is 0.258 e. The summed E-state index contributed by atoms with van der Waals surface area (Å²) in [6, 6.07) is 8.42. The van der Waals surface area contributed by atoms with Gasteiger partial charge in [-0.05, 0) is 12.1 Å². The van der Waals surface area contributed by atoms with Gasteiger partial charge in [0.2, 0.25) is 0 Å². The molecule has 0 atom stereocenters. The molecule has 3 aromatic rings. The maximum atomic E-state index is 12.8. The van der Waals surface area contributed by atoms with Gasteiger partial charge in [-0.2, -0.15) is 13.2 Å². The molecule has 0 fully saturated rings. The van der Waals surface area contributed by atoms with Crippen LogP contribution in [-0.2, 0) is 6.18 Å². The minimum Gasteiger partial charge on any atom is -0.258 e. The number of hydrogen-bond donors (Lipinski definition) is 0. The molecule has 7 heteroatoms. The minimum atomic E-state index is -4.60. The molecule has 1 aromatic heterocycles. The predicted molar refractivity (Wildman–Crippen MR) is 71.0 cm³/mol. The zero-order valence-corrected chi connectivity index (χ0v) is 10.6. The number of non-ortho nitro benzene ring substituents is 1. The fraction of sp³-hybridized carbons (Fsp3) is 0.0769. The van der Waals surface area contributed by atoms with Gasteiger partial charge in [-0.3, -0.25) is 10.1 Å². The minimum absolute atomic E-state index is 0.267. The first-order valence-electron chi connectivity index (χ1n) is 5.55. The van der Waals surface area contributed by atoms with E-state index in [0.717, 1.165) is 22.1 Å². The standard InChI is InChI=1S/C13H6F3NO2S/c14-13(15,16)7-5-9(17(18)19)12-8-3-1-2-4-10(8)20-11(12)6-7/h1-6H. The van der Waals surface area contributed by atoms with E-state index < -0.39 is 22.4 Å². The van der Waals surface area contributed by atoms with Crippen molar-refractivity contribution in [3.8, 4) is 0 Å². The fourth-order valence-corrected chi connectivity index (χ4v) is 3.31. The molecule has 2 aromatic carbocycles. The summed E-state index contributed by atoms with van der Waals surface area (Å²) < 4.78 is 39.4. The molecular weight excluding hydrogens is 291 g/mol. The quantitative estimate of drug-likeness (QED) is 0.469. The summed E-state index contributed by atoms with van der Waals surface area (Å²) >= 11 is 1.12. The van der Waals surface area contributed by atoms with Crippen LogP contribution in [0.15, 0.2) is 36.4 Å². The third-order valence-electron chi connectivity index (χ3n) is 2.98. The van der Waals surface area contributed by atoms with E-state index in [4.69, 9.17) is 0 Å². The Morgan fingerprint density at radius 2 is 1.80 bits per heavy atom. The van der Waals surface area contributed by atoms with Crippen LogP contribution in [0.25, 0.3) is 20.2 Å². The number of alkyl halides is 3. The Morgan fingerprint density at radius 1 is 1.10 bits per heavy atom. The largest absolute Gasteiger partial charge is 0.416 e. The number of hydrogen-bond acceptors (Lipinski definition) is 3. The first-order valence-corrected chi connectivity index (χ1v) is 6.36. The van der Waals surface area contributed by atoms with Crippen LogP contribution in [0.4, 0.5) is 18.9 Å². The average molecular weight is 297 g/mol. The lowest BCUT2D eigenvalue weighted by Gasteiger charge is -2.06. The molecule has 0 saturated heterocycles. The second kappa shape index (κ2) is 4.17. The maximum absolute atomic E-state index is 12.8. The first-order chi connectivity index (χ1) is 9.38. The van der Waals surface area contributed by atoms with Crippen LogP contribution in [-0.4, -0.2) is 4.92 Å². The van der Waals surface area contributed by atoms with E-state index in [2.05, 4.69) is 0 Å². The van der Waals surface area contributed by atoms with Crippen LogP contribution in [0, 0.1) is 10.1 Å². The number of rotatable bonds is 1. The van der Waals surface area contributed by atoms with Gasteiger partial charge in [0.1, 0.15) is 0 Å². The summed E-state index contributed by atoms with van der Waals surface area (Å²) in [6.07, 6.45) is -4.60. The molecular formula is C13H6F3NO2S. The Labute approximate surface area is 114 Å². The topological polar surface area (TPSA) is 43.1 Å². The second-order valence-corrected chi connectivity index (χ2v) is 5.31. The molecule has 0 unspecified atom stereocenters. The summed E-state index contributed by atoms with van der Waals surface area (Å²) in [5, 5.41) is 12.0. The Kier molecular flexibility index (Phi) is 2.68. The summed E-state index contributed by atoms with van der Waals surface area (Å²) in [7, 11) is 0. The van der Waals surface area contributed by atoms with E-state index in [1.165, 1.54) is 0 Å². The summed E-state index contributed by atoms with van der Waals surface area (Å²) in [5.41, 5.74) is -1.50. The number of benzene rings is 2. The molecule has 0 spiro atoms. The van der Waals surface area contributed by atoms with Gasteiger partial charge in [-0.1, -0.05) is 18.2 Å². The molecule has 20 heavy (non-hydrogen) atoms. The normalized spacial score (nSPS) is 12.2. The van der Waals surface area contributed by atoms with Crippen molar-refractivity contribution in [3.63, 3.8) is 0 Å². The molecule has 102 valence electrons. The van der Waals surface area contributed by atoms with Crippen molar-refractivity contribution in [2.75, 3.05) is 0 Å². The lowest BCUT2D eigenvalue weighted by molar-refractivity contribution is -0.383. The van der Waals surface area contributed by atoms with E-state index in [1.807, 2.05) is 0 Å². The van der Waals surface area contributed by atoms with Crippen molar-refractivity contribution >= 4 is 37.2 Å². The van der Waals surface area contributed by atoms with Gasteiger partial charge in [0, 0.05) is 20.9 Å². The van der Waals surface area contributed by atoms with E-state index in [-0.39, 0.29) is 10.1 Å². The molecule has 0 radical (unpaired) electrons. The summed E-state index contributed by atoms with van der Waals surface area (Å²) in [6.45, 7) is 0. The molecule has 3 nitrogen and oxygen atoms in total. The van der Waals surface area contributed by atoms with Gasteiger partial charge in [0.25, 0.3) is 5.69 Å². The number of nitro benzene ring substituents is 1. The van der Waals surface area contributed by atoms with Crippen LogP contribution in [0.2, 0.25) is 0 Å². The van der Waals surface area contributed by atoms with Crippen LogP contribution >= 0.6 is 11.3 Å². The second-order valence-electron chi connectivity index (χ2n) is 4.22. The summed E-state index contributed by atoms with van der Waals surface area (Å²) in [5.74, 6) is 0. The average Bonchev–Trinajstić information content (AvgIpc) is 2.74. The summed E-state index contributed by atoms with van der Waals surface area (Å²) in [4.78, 5) is 10.3. The first kappa shape index (κ1) is 12.9. The van der Waals surface area contributed by atoms with Crippen molar-refractivity contribution < 1.29 is 18.1 Å². The van der Waals surface area contributed by atoms with Gasteiger partial charge < -0.3 is 0 Å². The van der Waals surface area contributed by atoms with Crippen molar-refractivity contribution in [1.82, 2.24) is 0 Å². The monoisotopic (exact) mass is 297 g/mol. The zero-order chi connectivity index (χ0) is 14.5. The van der Waals surface area contributed by atoms with Crippen molar-refractivity contribution in [3.05, 3.63) is 52.1 Å². The highest BCUT2D eigenvalue weighted by Gasteiger charge is 2.34. The third kappa shape index (κ3) is 1.90. The van der Waals surface area contributed by atoms with Crippen molar-refractivity contribution in [2.45, 2.75) is 6.18 Å². The highest BCUT2D eigenvalue weighted by atomic mass is 32.1. The predicted octanol–water partition coefficient (Wildman–Crippen LogP) is 4.98. The molecule has 0 amide bonds. The van der Waals surface area contributed by atoms with Crippen LogP contribution in [0.3, 0.4) is 0 Å². The van der Waals surface area contributed by atoms with Crippen LogP contribution in [0.5, 0.6) is 0 Å². The lowest BCUT2D eigenvalue weighted by Crippen LogP contribution is -2.05. The van der Waals surface area contributed by atoms with Gasteiger partial charge >= 0.3 is 6.18 Å². The Hall–Kier alpha value is -2.15. The molecule has 0 saturated carbocycles. The number of thiophene rings is 1. The van der Waals surface area contributed by atoms with E-state index in [1.54, 1.807) is 24.3 Å². The van der Waals surface area contributed by atoms with E-state index >= 15 is 0 Å². The number of nitro groups is 1. The van der Waals surface area contributed by atoms with Crippen molar-refractivity contribution in [1.29, 1.82) is 0 Å². The maximum Gasteiger partial charge on any atom is 0.416 e. The highest BCUT2D eigenvalue weighted by molar-refractivity contribution is 7.25. The Balaban J connectivity index is 2.48. The molecule has 0 N–H and O–H groups in total. The van der Waals surface area contributed by atoms with Crippen molar-refractivity contribution in [2.24, 2.45) is 0 Å². The highest BCUT2D eigenvalue weighted by Crippen LogP contribution is 2.43. The molecule has 0 aliphatic heterocycles. The molecule has 0 aliphatic carbocycles. The van der Waals surface area contributed by atoms with Gasteiger partial charge in [-0.25, -0.2) is 0 Å². The molecule has 0 bridgehead atoms. The molecule has 3 rings (SSSR count). The molecule has 1 heterocycles. The Bertz CT molecular complexity index is 839. The van der Waals surface area contributed by atoms with E-state index in [0.29, 0.717) is 11.5 Å². The van der Waals surface area contributed by atoms with Gasteiger partial charge in [-0.15, -0.1) is 11.3 Å². The Morgan fingerprint density at radius 3 is 2.45 bits per heavy atom. The molecule has 0 aliphatic rings. The number of nitrogens with zero attached hydrogens (tertiary/aromatic N) is 1. The van der Waals surface area contributed by atoms with Crippen LogP contribution in [0.1, 0.15) is 5.56 Å². The fourth-order valence-electron chi connectivity index (χ4n) is 2.14. The number of halogens is 3.